The first-order valence-electron chi connectivity index (χ1n) is 12.8. The highest BCUT2D eigenvalue weighted by molar-refractivity contribution is 6.02. The molecule has 196 valence electrons. The van der Waals surface area contributed by atoms with Crippen LogP contribution in [0.25, 0.3) is 16.9 Å². The molecular weight excluding hydrogens is 480 g/mol. The van der Waals surface area contributed by atoms with Gasteiger partial charge in [0.25, 0.3) is 0 Å². The molecule has 2 fully saturated rings. The Labute approximate surface area is 214 Å². The molecule has 37 heavy (non-hydrogen) atoms. The van der Waals surface area contributed by atoms with Crippen molar-refractivity contribution in [3.63, 3.8) is 0 Å². The number of nitrogens with zero attached hydrogens (tertiary/aromatic N) is 3. The maximum absolute atomic E-state index is 13.3. The molecule has 0 N–H and O–H groups in total. The topological polar surface area (TPSA) is 73.1 Å². The molecule has 1 aromatic carbocycles. The summed E-state index contributed by atoms with van der Waals surface area (Å²) in [6.45, 7) is 2.20. The van der Waals surface area contributed by atoms with Gasteiger partial charge in [0.05, 0.1) is 24.4 Å². The van der Waals surface area contributed by atoms with Crippen LogP contribution in [-0.4, -0.2) is 52.8 Å². The number of amides is 1. The molecule has 0 spiro atoms. The summed E-state index contributed by atoms with van der Waals surface area (Å²) in [6.07, 6.45) is 7.28. The molecule has 2 aliphatic rings. The second-order valence-electron chi connectivity index (χ2n) is 9.85. The largest absolute Gasteiger partial charge is 0.496 e. The number of hydrogen-bond acceptors (Lipinski definition) is 5. The number of alkyl halides is 2. The third kappa shape index (κ3) is 4.67. The maximum Gasteiger partial charge on any atom is 0.387 e. The molecule has 7 nitrogen and oxygen atoms in total. The predicted octanol–water partition coefficient (Wildman–Crippen LogP) is 5.49. The normalized spacial score (nSPS) is 16.2. The van der Waals surface area contributed by atoms with Crippen LogP contribution in [0.4, 0.5) is 8.78 Å². The monoisotopic (exact) mass is 511 g/mol. The van der Waals surface area contributed by atoms with E-state index in [-0.39, 0.29) is 41.1 Å². The highest BCUT2D eigenvalue weighted by Gasteiger charge is 2.52. The summed E-state index contributed by atoms with van der Waals surface area (Å²) in [5.41, 5.74) is 2.24. The number of benzene rings is 1. The molecule has 0 atom stereocenters. The number of carbonyl (C=O) groups excluding carboxylic acids is 2. The van der Waals surface area contributed by atoms with E-state index in [1.165, 1.54) is 13.2 Å². The van der Waals surface area contributed by atoms with Gasteiger partial charge in [-0.15, -0.1) is 0 Å². The quantitative estimate of drug-likeness (QED) is 0.318. The van der Waals surface area contributed by atoms with Crippen LogP contribution >= 0.6 is 0 Å². The molecular formula is C28H31F2N3O4. The minimum atomic E-state index is -3.09. The van der Waals surface area contributed by atoms with Crippen LogP contribution < -0.4 is 9.47 Å². The second-order valence-corrected chi connectivity index (χ2v) is 9.85. The van der Waals surface area contributed by atoms with E-state index >= 15 is 0 Å². The van der Waals surface area contributed by atoms with Crippen LogP contribution in [0.15, 0.2) is 36.7 Å². The Morgan fingerprint density at radius 3 is 2.46 bits per heavy atom. The minimum absolute atomic E-state index is 0.0418. The molecule has 3 aromatic rings. The van der Waals surface area contributed by atoms with E-state index in [0.717, 1.165) is 31.2 Å². The molecule has 2 aliphatic carbocycles. The van der Waals surface area contributed by atoms with Gasteiger partial charge in [0.2, 0.25) is 5.91 Å². The van der Waals surface area contributed by atoms with E-state index in [2.05, 4.69) is 4.98 Å². The van der Waals surface area contributed by atoms with E-state index in [1.807, 2.05) is 41.5 Å². The fourth-order valence-corrected chi connectivity index (χ4v) is 5.11. The Hall–Kier alpha value is -3.49. The molecule has 0 unspecified atom stereocenters. The number of imidazole rings is 1. The van der Waals surface area contributed by atoms with E-state index in [4.69, 9.17) is 9.47 Å². The number of methoxy groups -OCH3 is 1. The average Bonchev–Trinajstić information content (AvgIpc) is 3.81. The maximum atomic E-state index is 13.3. The van der Waals surface area contributed by atoms with Gasteiger partial charge in [-0.25, -0.2) is 4.98 Å². The van der Waals surface area contributed by atoms with Crippen molar-refractivity contribution < 1.29 is 27.8 Å². The summed E-state index contributed by atoms with van der Waals surface area (Å²) in [5.74, 6) is 0.138. The van der Waals surface area contributed by atoms with Gasteiger partial charge in [-0.2, -0.15) is 8.78 Å². The number of ether oxygens (including phenoxy) is 2. The Bertz CT molecular complexity index is 1340. The summed E-state index contributed by atoms with van der Waals surface area (Å²) in [4.78, 5) is 32.5. The first-order valence-corrected chi connectivity index (χ1v) is 12.8. The van der Waals surface area contributed by atoms with Crippen LogP contribution in [0.2, 0.25) is 0 Å². The zero-order valence-electron chi connectivity index (χ0n) is 21.3. The van der Waals surface area contributed by atoms with E-state index in [0.29, 0.717) is 30.0 Å². The van der Waals surface area contributed by atoms with Gasteiger partial charge >= 0.3 is 6.61 Å². The van der Waals surface area contributed by atoms with Crippen LogP contribution in [0.5, 0.6) is 11.5 Å². The molecule has 2 aromatic heterocycles. The highest BCUT2D eigenvalue weighted by atomic mass is 19.3. The lowest BCUT2D eigenvalue weighted by molar-refractivity contribution is -0.133. The van der Waals surface area contributed by atoms with E-state index in [9.17, 15) is 18.4 Å². The first kappa shape index (κ1) is 25.2. The number of rotatable bonds is 11. The number of pyridine rings is 1. The molecule has 0 radical (unpaired) electrons. The third-order valence-electron chi connectivity index (χ3n) is 7.52. The number of hydrogen-bond donors (Lipinski definition) is 0. The summed E-state index contributed by atoms with van der Waals surface area (Å²) in [6, 6.07) is 6.94. The number of Topliss-reactive ketones (excluding diaryl/α,β-unsaturated/α-hetero) is 1. The van der Waals surface area contributed by atoms with Crippen LogP contribution in [0, 0.1) is 5.92 Å². The fraction of sp³-hybridized carbons (Fsp3) is 0.464. The molecule has 2 heterocycles. The number of aromatic nitrogens is 2. The van der Waals surface area contributed by atoms with E-state index < -0.39 is 12.0 Å². The van der Waals surface area contributed by atoms with Gasteiger partial charge < -0.3 is 14.4 Å². The summed E-state index contributed by atoms with van der Waals surface area (Å²) in [5, 5.41) is 0. The van der Waals surface area contributed by atoms with Crippen LogP contribution in [0.1, 0.15) is 61.9 Å². The first-order chi connectivity index (χ1) is 17.8. The second kappa shape index (κ2) is 9.76. The number of likely N-dealkylation sites (N-methyl/N-ethyl adjacent to an activating group) is 1. The Kier molecular flexibility index (Phi) is 6.64. The number of ketones is 1. The van der Waals surface area contributed by atoms with Crippen LogP contribution in [0.3, 0.4) is 0 Å². The highest BCUT2D eigenvalue weighted by Crippen LogP contribution is 2.50. The zero-order valence-corrected chi connectivity index (χ0v) is 21.3. The van der Waals surface area contributed by atoms with Crippen molar-refractivity contribution in [1.29, 1.82) is 0 Å². The van der Waals surface area contributed by atoms with Gasteiger partial charge in [-0.05, 0) is 75.3 Å². The number of carbonyl (C=O) groups is 2. The lowest BCUT2D eigenvalue weighted by Gasteiger charge is -2.25. The van der Waals surface area contributed by atoms with Crippen molar-refractivity contribution >= 4 is 17.3 Å². The lowest BCUT2D eigenvalue weighted by atomic mass is 9.95. The van der Waals surface area contributed by atoms with Gasteiger partial charge in [0, 0.05) is 31.3 Å². The average molecular weight is 512 g/mol. The van der Waals surface area contributed by atoms with Gasteiger partial charge in [0.15, 0.2) is 5.78 Å². The van der Waals surface area contributed by atoms with Crippen molar-refractivity contribution in [2.75, 3.05) is 20.2 Å². The van der Waals surface area contributed by atoms with Crippen molar-refractivity contribution in [2.45, 2.75) is 58.0 Å². The fourth-order valence-electron chi connectivity index (χ4n) is 5.11. The predicted molar refractivity (Wildman–Crippen MR) is 134 cm³/mol. The summed E-state index contributed by atoms with van der Waals surface area (Å²) in [7, 11) is 1.40. The molecule has 9 heteroatoms. The lowest BCUT2D eigenvalue weighted by Crippen LogP contribution is -2.39. The smallest absolute Gasteiger partial charge is 0.387 e. The number of halogens is 2. The zero-order chi connectivity index (χ0) is 26.3. The van der Waals surface area contributed by atoms with Gasteiger partial charge in [-0.1, -0.05) is 0 Å². The van der Waals surface area contributed by atoms with E-state index in [1.54, 1.807) is 12.3 Å². The van der Waals surface area contributed by atoms with Crippen LogP contribution in [-0.2, 0) is 10.2 Å². The molecule has 0 aliphatic heterocycles. The van der Waals surface area contributed by atoms with Crippen molar-refractivity contribution in [1.82, 2.24) is 14.3 Å². The van der Waals surface area contributed by atoms with Crippen molar-refractivity contribution in [3.05, 3.63) is 47.8 Å². The summed E-state index contributed by atoms with van der Waals surface area (Å²) < 4.78 is 38.7. The van der Waals surface area contributed by atoms with Crippen molar-refractivity contribution in [2.24, 2.45) is 5.92 Å². The number of fused-ring (bicyclic) bond motifs is 1. The molecule has 0 bridgehead atoms. The molecule has 2 saturated carbocycles. The SMILES string of the molecule is CCN(CC)C(=O)C1(c2ccn3c(-c4cc(OC)c(C(=O)CC5CC5)c(OC(F)F)c4)cnc3c2)CC1. The molecule has 1 amide bonds. The molecule has 5 rings (SSSR count). The van der Waals surface area contributed by atoms with Crippen molar-refractivity contribution in [3.8, 4) is 22.8 Å². The standard InChI is InChI=1S/C28H31F2N3O4/c1-4-32(5-2)26(35)28(9-10-28)19-8-11-33-20(16-31-24(33)15-19)18-13-22(36-3)25(21(34)12-17-6-7-17)23(14-18)37-27(29)30/h8,11,13-17,27H,4-7,9-10,12H2,1-3H3. The van der Waals surface area contributed by atoms with Gasteiger partial charge in [-0.3, -0.25) is 14.0 Å². The summed E-state index contributed by atoms with van der Waals surface area (Å²) >= 11 is 0. The minimum Gasteiger partial charge on any atom is -0.496 e. The Morgan fingerprint density at radius 1 is 1.16 bits per heavy atom. The Morgan fingerprint density at radius 2 is 1.86 bits per heavy atom. The third-order valence-corrected chi connectivity index (χ3v) is 7.52. The molecule has 0 saturated heterocycles. The van der Waals surface area contributed by atoms with Gasteiger partial charge in [0.1, 0.15) is 22.7 Å². The Balaban J connectivity index is 1.53.